The molecule has 0 radical (unpaired) electrons. The van der Waals surface area contributed by atoms with E-state index < -0.39 is 15.9 Å². The second-order valence-electron chi connectivity index (χ2n) is 6.98. The van der Waals surface area contributed by atoms with E-state index in [0.717, 1.165) is 5.56 Å². The molecule has 0 saturated carbocycles. The molecule has 3 aromatic carbocycles. The summed E-state index contributed by atoms with van der Waals surface area (Å²) in [7, 11) is -0.865. The number of carbonyl (C=O) groups is 1. The Kier molecular flexibility index (Phi) is 6.50. The van der Waals surface area contributed by atoms with E-state index in [9.17, 15) is 13.2 Å². The zero-order valence-electron chi connectivity index (χ0n) is 17.7. The minimum absolute atomic E-state index is 0.0309. The number of rotatable bonds is 7. The third-order valence-electron chi connectivity index (χ3n) is 4.67. The Labute approximate surface area is 182 Å². The van der Waals surface area contributed by atoms with E-state index in [4.69, 9.17) is 9.47 Å². The summed E-state index contributed by atoms with van der Waals surface area (Å²) >= 11 is 0. The molecule has 0 fully saturated rings. The Morgan fingerprint density at radius 2 is 1.68 bits per heavy atom. The zero-order chi connectivity index (χ0) is 22.6. The van der Waals surface area contributed by atoms with Crippen molar-refractivity contribution in [1.29, 1.82) is 0 Å². The van der Waals surface area contributed by atoms with Gasteiger partial charge in [-0.1, -0.05) is 18.2 Å². The van der Waals surface area contributed by atoms with Crippen LogP contribution in [0.25, 0.3) is 0 Å². The lowest BCUT2D eigenvalue weighted by Crippen LogP contribution is -2.17. The predicted molar refractivity (Wildman–Crippen MR) is 121 cm³/mol. The van der Waals surface area contributed by atoms with Crippen molar-refractivity contribution >= 4 is 27.3 Å². The van der Waals surface area contributed by atoms with E-state index >= 15 is 0 Å². The Hall–Kier alpha value is -3.52. The Balaban J connectivity index is 1.89. The first kappa shape index (κ1) is 22.2. The molecule has 7 nitrogen and oxygen atoms in total. The summed E-state index contributed by atoms with van der Waals surface area (Å²) in [5.41, 5.74) is 2.55. The number of sulfonamides is 1. The zero-order valence-corrected chi connectivity index (χ0v) is 18.5. The van der Waals surface area contributed by atoms with Crippen LogP contribution in [-0.2, 0) is 10.0 Å². The van der Waals surface area contributed by atoms with Gasteiger partial charge in [-0.15, -0.1) is 0 Å². The second kappa shape index (κ2) is 9.09. The van der Waals surface area contributed by atoms with E-state index in [-0.39, 0.29) is 10.5 Å². The van der Waals surface area contributed by atoms with Crippen molar-refractivity contribution in [3.8, 4) is 11.5 Å². The molecule has 0 spiro atoms. The standard InChI is InChI=1S/C23H24N2O5S/c1-15-6-5-7-18(12-15)25-31(27,28)22-13-17(9-8-16(22)2)23(26)24-20-11-10-19(29-3)14-21(20)30-4/h5-14,25H,1-4H3,(H,24,26). The minimum atomic E-state index is -3.88. The molecule has 0 bridgehead atoms. The van der Waals surface area contributed by atoms with Crippen LogP contribution in [0.4, 0.5) is 11.4 Å². The van der Waals surface area contributed by atoms with Crippen molar-refractivity contribution in [2.24, 2.45) is 0 Å². The fourth-order valence-electron chi connectivity index (χ4n) is 3.05. The molecule has 1 amide bonds. The highest BCUT2D eigenvalue weighted by molar-refractivity contribution is 7.92. The normalized spacial score (nSPS) is 11.0. The molecule has 0 aliphatic carbocycles. The van der Waals surface area contributed by atoms with Gasteiger partial charge in [-0.05, 0) is 61.4 Å². The predicted octanol–water partition coefficient (Wildman–Crippen LogP) is 4.37. The average Bonchev–Trinajstić information content (AvgIpc) is 2.73. The van der Waals surface area contributed by atoms with E-state index in [1.165, 1.54) is 20.3 Å². The van der Waals surface area contributed by atoms with E-state index in [1.54, 1.807) is 55.5 Å². The van der Waals surface area contributed by atoms with Crippen LogP contribution in [0.1, 0.15) is 21.5 Å². The number of carbonyl (C=O) groups excluding carboxylic acids is 1. The first-order valence-electron chi connectivity index (χ1n) is 9.47. The molecule has 162 valence electrons. The van der Waals surface area contributed by atoms with E-state index in [0.29, 0.717) is 28.4 Å². The minimum Gasteiger partial charge on any atom is -0.497 e. The summed E-state index contributed by atoms with van der Waals surface area (Å²) < 4.78 is 38.9. The summed E-state index contributed by atoms with van der Waals surface area (Å²) in [6.07, 6.45) is 0. The summed E-state index contributed by atoms with van der Waals surface area (Å²) in [5, 5.41) is 2.75. The van der Waals surface area contributed by atoms with Gasteiger partial charge in [-0.3, -0.25) is 9.52 Å². The van der Waals surface area contributed by atoms with Gasteiger partial charge in [0.15, 0.2) is 0 Å². The molecule has 8 heteroatoms. The molecule has 0 aliphatic heterocycles. The van der Waals surface area contributed by atoms with E-state index in [2.05, 4.69) is 10.0 Å². The first-order chi connectivity index (χ1) is 14.7. The number of amides is 1. The molecule has 3 rings (SSSR count). The average molecular weight is 441 g/mol. The van der Waals surface area contributed by atoms with Crippen molar-refractivity contribution < 1.29 is 22.7 Å². The molecule has 3 aromatic rings. The lowest BCUT2D eigenvalue weighted by molar-refractivity contribution is 0.102. The van der Waals surface area contributed by atoms with Crippen LogP contribution in [0.3, 0.4) is 0 Å². The smallest absolute Gasteiger partial charge is 0.262 e. The van der Waals surface area contributed by atoms with Crippen LogP contribution >= 0.6 is 0 Å². The summed E-state index contributed by atoms with van der Waals surface area (Å²) in [6, 6.07) is 16.6. The van der Waals surface area contributed by atoms with Crippen LogP contribution in [-0.4, -0.2) is 28.5 Å². The number of hydrogen-bond donors (Lipinski definition) is 2. The molecule has 0 unspecified atom stereocenters. The van der Waals surface area contributed by atoms with Crippen molar-refractivity contribution in [1.82, 2.24) is 0 Å². The molecular weight excluding hydrogens is 416 g/mol. The molecule has 0 saturated heterocycles. The lowest BCUT2D eigenvalue weighted by atomic mass is 10.1. The fraction of sp³-hybridized carbons (Fsp3) is 0.174. The van der Waals surface area contributed by atoms with Gasteiger partial charge in [0.1, 0.15) is 11.5 Å². The van der Waals surface area contributed by atoms with Crippen LogP contribution in [0.15, 0.2) is 65.6 Å². The van der Waals surface area contributed by atoms with E-state index in [1.807, 2.05) is 13.0 Å². The van der Waals surface area contributed by atoms with Crippen LogP contribution < -0.4 is 19.5 Å². The lowest BCUT2D eigenvalue weighted by Gasteiger charge is -2.14. The third-order valence-corrected chi connectivity index (χ3v) is 6.19. The maximum Gasteiger partial charge on any atom is 0.262 e. The summed E-state index contributed by atoms with van der Waals surface area (Å²) in [6.45, 7) is 3.56. The summed E-state index contributed by atoms with van der Waals surface area (Å²) in [5.74, 6) is 0.546. The van der Waals surface area contributed by atoms with Crippen LogP contribution in [0.2, 0.25) is 0 Å². The monoisotopic (exact) mass is 440 g/mol. The van der Waals surface area contributed by atoms with Crippen molar-refractivity contribution in [3.63, 3.8) is 0 Å². The van der Waals surface area contributed by atoms with Gasteiger partial charge in [0.2, 0.25) is 0 Å². The fourth-order valence-corrected chi connectivity index (χ4v) is 4.37. The van der Waals surface area contributed by atoms with Crippen molar-refractivity contribution in [2.45, 2.75) is 18.7 Å². The quantitative estimate of drug-likeness (QED) is 0.569. The van der Waals surface area contributed by atoms with Gasteiger partial charge in [0.25, 0.3) is 15.9 Å². The number of hydrogen-bond acceptors (Lipinski definition) is 5. The number of methoxy groups -OCH3 is 2. The first-order valence-corrected chi connectivity index (χ1v) is 11.0. The highest BCUT2D eigenvalue weighted by Crippen LogP contribution is 2.30. The number of nitrogens with one attached hydrogen (secondary N) is 2. The maximum absolute atomic E-state index is 13.0. The number of aryl methyl sites for hydroxylation is 2. The van der Waals surface area contributed by atoms with Crippen LogP contribution in [0, 0.1) is 13.8 Å². The van der Waals surface area contributed by atoms with Crippen molar-refractivity contribution in [2.75, 3.05) is 24.3 Å². The van der Waals surface area contributed by atoms with Gasteiger partial charge in [0.05, 0.1) is 24.8 Å². The van der Waals surface area contributed by atoms with Crippen molar-refractivity contribution in [3.05, 3.63) is 77.4 Å². The topological polar surface area (TPSA) is 93.7 Å². The molecule has 0 aromatic heterocycles. The molecule has 31 heavy (non-hydrogen) atoms. The Bertz CT molecular complexity index is 1220. The van der Waals surface area contributed by atoms with Gasteiger partial charge in [0, 0.05) is 17.3 Å². The Morgan fingerprint density at radius 1 is 0.903 bits per heavy atom. The maximum atomic E-state index is 13.0. The van der Waals surface area contributed by atoms with Gasteiger partial charge in [-0.2, -0.15) is 0 Å². The Morgan fingerprint density at radius 3 is 2.35 bits per heavy atom. The third kappa shape index (κ3) is 5.16. The molecule has 2 N–H and O–H groups in total. The molecule has 0 heterocycles. The second-order valence-corrected chi connectivity index (χ2v) is 8.63. The highest BCUT2D eigenvalue weighted by Gasteiger charge is 2.20. The SMILES string of the molecule is COc1ccc(NC(=O)c2ccc(C)c(S(=O)(=O)Nc3cccc(C)c3)c2)c(OC)c1. The van der Waals surface area contributed by atoms with Gasteiger partial charge >= 0.3 is 0 Å². The number of ether oxygens (including phenoxy) is 2. The van der Waals surface area contributed by atoms with Crippen LogP contribution in [0.5, 0.6) is 11.5 Å². The van der Waals surface area contributed by atoms with Gasteiger partial charge in [-0.25, -0.2) is 8.42 Å². The largest absolute Gasteiger partial charge is 0.497 e. The summed E-state index contributed by atoms with van der Waals surface area (Å²) in [4.78, 5) is 12.8. The number of anilines is 2. The highest BCUT2D eigenvalue weighted by atomic mass is 32.2. The molecular formula is C23H24N2O5S. The number of benzene rings is 3. The molecule has 0 aliphatic rings. The molecule has 0 atom stereocenters. The van der Waals surface area contributed by atoms with Gasteiger partial charge < -0.3 is 14.8 Å².